The smallest absolute Gasteiger partial charge is 0.490 e. The summed E-state index contributed by atoms with van der Waals surface area (Å²) in [6, 6.07) is 14.9. The van der Waals surface area contributed by atoms with Crippen molar-refractivity contribution in [2.45, 2.75) is 106 Å². The van der Waals surface area contributed by atoms with Crippen molar-refractivity contribution in [3.05, 3.63) is 89.2 Å². The molecule has 94 heavy (non-hydrogen) atoms. The largest absolute Gasteiger partial charge is 0.492 e. The van der Waals surface area contributed by atoms with Crippen LogP contribution >= 0.6 is 11.8 Å². The molecule has 39 heteroatoms. The van der Waals surface area contributed by atoms with Crippen LogP contribution in [0.15, 0.2) is 71.8 Å². The molecule has 5 amide bonds. The van der Waals surface area contributed by atoms with Gasteiger partial charge < -0.3 is 73.3 Å². The summed E-state index contributed by atoms with van der Waals surface area (Å²) >= 11 is 1.74. The van der Waals surface area contributed by atoms with E-state index in [4.69, 9.17) is 71.5 Å². The summed E-state index contributed by atoms with van der Waals surface area (Å²) in [4.78, 5) is 117. The van der Waals surface area contributed by atoms with E-state index in [9.17, 15) is 76.7 Å². The number of amides is 5. The number of benzene rings is 3. The summed E-state index contributed by atoms with van der Waals surface area (Å²) < 4.78 is 139. The lowest BCUT2D eigenvalue weighted by atomic mass is 9.93. The SMILES string of the molecule is Cc1nc(-c2ccc(SC(C)(C)C)cc2)ncc1C(=O)N[C@@H](CCN)C(=O)N(C)[C@@H]1C(=O)N[C@@H](C)C(=O)N[C@H](C(=O)NCC#N)Cc2ccc(OCCN)c(c2)-c2cc1ccc2OCCN.O=C(O)C(F)(F)F.O=C(O)C(F)(F)F.O=C(O)C(F)(F)F.O=C(O)C(F)(F)F. The van der Waals surface area contributed by atoms with Crippen molar-refractivity contribution in [3.63, 3.8) is 0 Å². The van der Waals surface area contributed by atoms with Gasteiger partial charge in [-0.05, 0) is 74.3 Å². The summed E-state index contributed by atoms with van der Waals surface area (Å²) in [6.07, 6.45) is -18.9. The number of nitrogens with one attached hydrogen (secondary N) is 4. The Morgan fingerprint density at radius 2 is 1.19 bits per heavy atom. The number of hydrogen-bond acceptors (Lipinski definition) is 18. The molecule has 1 aliphatic heterocycles. The number of rotatable bonds is 16. The zero-order chi connectivity index (χ0) is 72.4. The van der Waals surface area contributed by atoms with Crippen molar-refractivity contribution >= 4 is 65.2 Å². The van der Waals surface area contributed by atoms with E-state index in [-0.39, 0.29) is 62.5 Å². The Morgan fingerprint density at radius 3 is 1.62 bits per heavy atom. The average molecular weight is 1380 g/mol. The number of aryl methyl sites for hydroxylation is 1. The number of likely N-dealkylation sites (N-methyl/N-ethyl adjacent to an activating group) is 1. The Bertz CT molecular complexity index is 3230. The Balaban J connectivity index is 0.00000130. The third-order valence-corrected chi connectivity index (χ3v) is 12.5. The number of nitriles is 1. The number of aromatic nitrogens is 2. The van der Waals surface area contributed by atoms with Gasteiger partial charge in [-0.3, -0.25) is 24.0 Å². The second kappa shape index (κ2) is 36.6. The van der Waals surface area contributed by atoms with Gasteiger partial charge in [-0.1, -0.05) is 45.0 Å². The highest BCUT2D eigenvalue weighted by Crippen LogP contribution is 2.40. The topological polar surface area (TPSA) is 432 Å². The molecule has 0 fully saturated rings. The highest BCUT2D eigenvalue weighted by atomic mass is 32.2. The molecule has 0 aliphatic carbocycles. The molecule has 5 rings (SSSR count). The van der Waals surface area contributed by atoms with Crippen LogP contribution in [-0.2, 0) is 44.8 Å². The molecule has 0 unspecified atom stereocenters. The van der Waals surface area contributed by atoms with E-state index in [0.29, 0.717) is 45.3 Å². The second-order valence-corrected chi connectivity index (χ2v) is 21.7. The maximum Gasteiger partial charge on any atom is 0.490 e. The van der Waals surface area contributed by atoms with Crippen LogP contribution < -0.4 is 47.9 Å². The van der Waals surface area contributed by atoms with Crippen molar-refractivity contribution < 1.29 is 126 Å². The fourth-order valence-electron chi connectivity index (χ4n) is 7.22. The van der Waals surface area contributed by atoms with E-state index in [1.165, 1.54) is 25.1 Å². The Labute approximate surface area is 529 Å². The fourth-order valence-corrected chi connectivity index (χ4v) is 8.20. The summed E-state index contributed by atoms with van der Waals surface area (Å²) in [7, 11) is 1.41. The first-order chi connectivity index (χ1) is 43.2. The van der Waals surface area contributed by atoms with Crippen molar-refractivity contribution in [1.82, 2.24) is 36.1 Å². The third-order valence-electron chi connectivity index (χ3n) is 11.3. The monoisotopic (exact) mass is 1380 g/mol. The van der Waals surface area contributed by atoms with Gasteiger partial charge in [0.25, 0.3) is 5.91 Å². The molecular formula is C55H63F12N11O15S. The maximum atomic E-state index is 14.7. The normalized spacial score (nSPS) is 15.0. The van der Waals surface area contributed by atoms with Crippen LogP contribution in [0.25, 0.3) is 22.5 Å². The van der Waals surface area contributed by atoms with E-state index in [0.717, 1.165) is 10.5 Å². The minimum atomic E-state index is -5.08. The summed E-state index contributed by atoms with van der Waals surface area (Å²) in [6.45, 7) is 9.89. The predicted molar refractivity (Wildman–Crippen MR) is 306 cm³/mol. The first-order valence-electron chi connectivity index (χ1n) is 26.5. The fraction of sp³-hybridized carbons (Fsp3) is 0.418. The summed E-state index contributed by atoms with van der Waals surface area (Å²) in [5, 5.41) is 48.4. The molecule has 26 nitrogen and oxygen atoms in total. The molecule has 2 heterocycles. The number of thioether (sulfide) groups is 1. The molecule has 14 N–H and O–H groups in total. The van der Waals surface area contributed by atoms with Gasteiger partial charge in [0.05, 0.1) is 17.3 Å². The summed E-state index contributed by atoms with van der Waals surface area (Å²) in [5.41, 5.74) is 20.8. The molecule has 3 aromatic carbocycles. The molecule has 0 radical (unpaired) electrons. The van der Waals surface area contributed by atoms with Crippen LogP contribution in [-0.4, -0.2) is 183 Å². The van der Waals surface area contributed by atoms with Crippen LogP contribution in [0.1, 0.15) is 67.3 Å². The molecule has 0 spiro atoms. The second-order valence-electron chi connectivity index (χ2n) is 19.8. The summed E-state index contributed by atoms with van der Waals surface area (Å²) in [5.74, 6) is -13.2. The first kappa shape index (κ1) is 82.5. The number of carbonyl (C=O) groups is 9. The van der Waals surface area contributed by atoms with Crippen LogP contribution in [0.4, 0.5) is 52.7 Å². The van der Waals surface area contributed by atoms with Gasteiger partial charge in [0, 0.05) is 59.1 Å². The zero-order valence-corrected chi connectivity index (χ0v) is 50.9. The van der Waals surface area contributed by atoms with Gasteiger partial charge in [-0.25, -0.2) is 29.1 Å². The molecule has 4 aromatic rings. The van der Waals surface area contributed by atoms with Gasteiger partial charge in [0.15, 0.2) is 5.82 Å². The van der Waals surface area contributed by atoms with Crippen molar-refractivity contribution in [2.75, 3.05) is 46.4 Å². The number of nitrogens with zero attached hydrogens (tertiary/aromatic N) is 4. The molecule has 0 saturated heterocycles. The van der Waals surface area contributed by atoms with Gasteiger partial charge in [-0.15, -0.1) is 11.8 Å². The predicted octanol–water partition coefficient (Wildman–Crippen LogP) is 5.05. The Hall–Kier alpha value is -9.55. The molecule has 4 bridgehead atoms. The Kier molecular flexibility index (Phi) is 32.1. The van der Waals surface area contributed by atoms with Gasteiger partial charge >= 0.3 is 48.6 Å². The minimum absolute atomic E-state index is 0.0000199. The lowest BCUT2D eigenvalue weighted by Crippen LogP contribution is -2.56. The van der Waals surface area contributed by atoms with Crippen molar-refractivity contribution in [2.24, 2.45) is 17.2 Å². The van der Waals surface area contributed by atoms with Crippen LogP contribution in [0, 0.1) is 18.3 Å². The number of carbonyl (C=O) groups excluding carboxylic acids is 5. The number of fused-ring (bicyclic) bond motifs is 5. The van der Waals surface area contributed by atoms with Gasteiger partial charge in [0.2, 0.25) is 23.6 Å². The quantitative estimate of drug-likeness (QED) is 0.0397. The van der Waals surface area contributed by atoms with Crippen molar-refractivity contribution in [3.8, 4) is 40.1 Å². The number of carboxylic acid groups (broad SMARTS) is 4. The van der Waals surface area contributed by atoms with E-state index in [1.54, 1.807) is 55.1 Å². The number of halogens is 12. The third kappa shape index (κ3) is 28.1. The van der Waals surface area contributed by atoms with E-state index in [2.05, 4.69) is 52.0 Å². The lowest BCUT2D eigenvalue weighted by Gasteiger charge is -2.32. The van der Waals surface area contributed by atoms with Crippen LogP contribution in [0.5, 0.6) is 11.5 Å². The van der Waals surface area contributed by atoms with Crippen LogP contribution in [0.2, 0.25) is 0 Å². The molecule has 1 aliphatic rings. The van der Waals surface area contributed by atoms with E-state index in [1.807, 2.05) is 30.3 Å². The highest BCUT2D eigenvalue weighted by Gasteiger charge is 2.41. The number of hydrogen-bond donors (Lipinski definition) is 11. The molecule has 1 aromatic heterocycles. The molecular weight excluding hydrogens is 1310 g/mol. The Morgan fingerprint density at radius 1 is 0.723 bits per heavy atom. The van der Waals surface area contributed by atoms with Gasteiger partial charge in [0.1, 0.15) is 55.4 Å². The number of carboxylic acids is 4. The number of alkyl halides is 12. The number of ether oxygens (including phenoxy) is 2. The van der Waals surface area contributed by atoms with E-state index >= 15 is 0 Å². The first-order valence-corrected chi connectivity index (χ1v) is 27.4. The van der Waals surface area contributed by atoms with Crippen molar-refractivity contribution in [1.29, 1.82) is 5.26 Å². The number of aliphatic carboxylic acids is 4. The molecule has 518 valence electrons. The highest BCUT2D eigenvalue weighted by molar-refractivity contribution is 8.00. The average Bonchev–Trinajstić information content (AvgIpc) is 0.785. The van der Waals surface area contributed by atoms with Crippen LogP contribution in [0.3, 0.4) is 0 Å². The number of nitrogens with two attached hydrogens (primary N) is 3. The van der Waals surface area contributed by atoms with Gasteiger partial charge in [-0.2, -0.15) is 57.9 Å². The molecule has 4 atom stereocenters. The maximum absolute atomic E-state index is 14.7. The molecule has 0 saturated carbocycles. The minimum Gasteiger partial charge on any atom is -0.492 e. The lowest BCUT2D eigenvalue weighted by molar-refractivity contribution is -0.193. The zero-order valence-electron chi connectivity index (χ0n) is 50.1. The van der Waals surface area contributed by atoms with E-state index < -0.39 is 102 Å². The standard InChI is InChI=1S/C47H59N11O7S.4C2HF3O2/c1-27-35(26-53-41(54-27)30-8-11-32(12-9-30)66-47(3,4)5)43(60)56-36(15-16-48)46(63)58(6)40-31-10-14-39(65-22-19-51)34(25-31)33-23-29(7-13-38(33)64-21-18-50)24-37(44(61)52-20-17-49)57-42(59)28(2)55-45(40)62;4*3-2(4,5)1(6)7/h7-14,23,25-26,28,36-37,40H,15-16,18-22,24,48,50-51H2,1-6H3,(H,52,61)(H,55,62)(H,56,60)(H,57,59);4*(H,6,7)/t28-,36-,37-,40-;;;;/m0..../s1.